The van der Waals surface area contributed by atoms with Crippen molar-refractivity contribution in [2.45, 2.75) is 46.0 Å². The van der Waals surface area contributed by atoms with Gasteiger partial charge in [0.1, 0.15) is 6.04 Å². The van der Waals surface area contributed by atoms with Crippen molar-refractivity contribution in [2.75, 3.05) is 13.2 Å². The third-order valence-electron chi connectivity index (χ3n) is 4.74. The Kier molecular flexibility index (Phi) is 5.50. The molecule has 1 aliphatic heterocycles. The molecule has 0 radical (unpaired) electrons. The van der Waals surface area contributed by atoms with Gasteiger partial charge in [-0.1, -0.05) is 30.3 Å². The number of carbonyl (C=O) groups excluding carboxylic acids is 1. The first-order chi connectivity index (χ1) is 12.1. The molecule has 2 atom stereocenters. The highest BCUT2D eigenvalue weighted by molar-refractivity contribution is 5.82. The van der Waals surface area contributed by atoms with Crippen LogP contribution in [0.4, 0.5) is 0 Å². The molecule has 134 valence electrons. The van der Waals surface area contributed by atoms with E-state index in [4.69, 9.17) is 4.74 Å². The molecule has 1 fully saturated rings. The average molecular weight is 342 g/mol. The molecule has 1 amide bonds. The number of amides is 1. The number of benzene rings is 1. The van der Waals surface area contributed by atoms with E-state index in [2.05, 4.69) is 34.8 Å². The van der Waals surface area contributed by atoms with Gasteiger partial charge in [-0.05, 0) is 26.3 Å². The molecule has 6 nitrogen and oxygen atoms in total. The number of nitrogens with one attached hydrogen (secondary N) is 2. The van der Waals surface area contributed by atoms with Gasteiger partial charge in [-0.2, -0.15) is 5.10 Å². The van der Waals surface area contributed by atoms with E-state index in [1.165, 1.54) is 5.56 Å². The predicted molar refractivity (Wildman–Crippen MR) is 96.3 cm³/mol. The summed E-state index contributed by atoms with van der Waals surface area (Å²) in [4.78, 5) is 12.4. The minimum absolute atomic E-state index is 0.0261. The molecule has 0 aliphatic carbocycles. The third kappa shape index (κ3) is 4.08. The first-order valence-corrected chi connectivity index (χ1v) is 8.75. The summed E-state index contributed by atoms with van der Waals surface area (Å²) in [5, 5.41) is 10.9. The first-order valence-electron chi connectivity index (χ1n) is 8.75. The number of hydrogen-bond acceptors (Lipinski definition) is 4. The molecular weight excluding hydrogens is 316 g/mol. The number of ether oxygens (including phenoxy) is 1. The summed E-state index contributed by atoms with van der Waals surface area (Å²) in [6.45, 7) is 8.53. The zero-order valence-corrected chi connectivity index (χ0v) is 15.1. The predicted octanol–water partition coefficient (Wildman–Crippen LogP) is 1.54. The van der Waals surface area contributed by atoms with Crippen molar-refractivity contribution < 1.29 is 9.53 Å². The number of nitrogens with zero attached hydrogens (tertiary/aromatic N) is 2. The fraction of sp³-hybridized carbons (Fsp3) is 0.474. The van der Waals surface area contributed by atoms with Gasteiger partial charge in [0, 0.05) is 24.3 Å². The maximum absolute atomic E-state index is 12.4. The largest absolute Gasteiger partial charge is 0.375 e. The Morgan fingerprint density at radius 2 is 2.12 bits per heavy atom. The number of aryl methyl sites for hydroxylation is 1. The molecule has 2 heterocycles. The molecule has 0 bridgehead atoms. The van der Waals surface area contributed by atoms with Crippen molar-refractivity contribution in [2.24, 2.45) is 0 Å². The van der Waals surface area contributed by atoms with Crippen LogP contribution in [0.5, 0.6) is 0 Å². The van der Waals surface area contributed by atoms with E-state index in [1.807, 2.05) is 36.7 Å². The van der Waals surface area contributed by atoms with Gasteiger partial charge in [0.15, 0.2) is 0 Å². The minimum atomic E-state index is -0.297. The Labute approximate surface area is 148 Å². The highest BCUT2D eigenvalue weighted by Gasteiger charge is 2.28. The van der Waals surface area contributed by atoms with Crippen LogP contribution in [0.1, 0.15) is 29.4 Å². The SMILES string of the molecule is Cc1nn(Cc2ccccc2)c(C)c1CNC(=O)[C@H]1NCCO[C@@H]1C. The summed E-state index contributed by atoms with van der Waals surface area (Å²) in [5.41, 5.74) is 4.33. The molecule has 25 heavy (non-hydrogen) atoms. The van der Waals surface area contributed by atoms with Crippen molar-refractivity contribution in [1.29, 1.82) is 0 Å². The van der Waals surface area contributed by atoms with Crippen molar-refractivity contribution in [3.8, 4) is 0 Å². The fourth-order valence-electron chi connectivity index (χ4n) is 3.21. The second-order valence-corrected chi connectivity index (χ2v) is 6.52. The zero-order chi connectivity index (χ0) is 17.8. The van der Waals surface area contributed by atoms with Crippen LogP contribution in [0.15, 0.2) is 30.3 Å². The molecule has 0 saturated carbocycles. The lowest BCUT2D eigenvalue weighted by Gasteiger charge is -2.29. The number of carbonyl (C=O) groups is 1. The number of aromatic nitrogens is 2. The Bertz CT molecular complexity index is 727. The normalized spacial score (nSPS) is 20.4. The van der Waals surface area contributed by atoms with E-state index in [1.54, 1.807) is 0 Å². The van der Waals surface area contributed by atoms with Crippen LogP contribution in [0, 0.1) is 13.8 Å². The molecule has 3 rings (SSSR count). The molecule has 1 aromatic carbocycles. The Balaban J connectivity index is 1.65. The smallest absolute Gasteiger partial charge is 0.240 e. The summed E-state index contributed by atoms with van der Waals surface area (Å²) >= 11 is 0. The van der Waals surface area contributed by atoms with Crippen molar-refractivity contribution in [3.63, 3.8) is 0 Å². The number of hydrogen-bond donors (Lipinski definition) is 2. The standard InChI is InChI=1S/C19H26N4O2/c1-13-17(11-21-19(24)18-15(3)25-10-9-20-18)14(2)23(22-13)12-16-7-5-4-6-8-16/h4-8,15,18,20H,9-12H2,1-3H3,(H,21,24)/t15-,18+/m1/s1. The second kappa shape index (κ2) is 7.80. The van der Waals surface area contributed by atoms with Crippen molar-refractivity contribution in [1.82, 2.24) is 20.4 Å². The summed E-state index contributed by atoms with van der Waals surface area (Å²) in [7, 11) is 0. The molecule has 6 heteroatoms. The van der Waals surface area contributed by atoms with Gasteiger partial charge in [0.05, 0.1) is 24.9 Å². The van der Waals surface area contributed by atoms with E-state index in [0.717, 1.165) is 23.5 Å². The Morgan fingerprint density at radius 1 is 1.36 bits per heavy atom. The van der Waals surface area contributed by atoms with Crippen LogP contribution < -0.4 is 10.6 Å². The molecule has 2 N–H and O–H groups in total. The van der Waals surface area contributed by atoms with E-state index in [0.29, 0.717) is 19.7 Å². The van der Waals surface area contributed by atoms with E-state index in [9.17, 15) is 4.79 Å². The van der Waals surface area contributed by atoms with E-state index in [-0.39, 0.29) is 18.1 Å². The Morgan fingerprint density at radius 3 is 2.84 bits per heavy atom. The van der Waals surface area contributed by atoms with E-state index < -0.39 is 0 Å². The van der Waals surface area contributed by atoms with Gasteiger partial charge in [-0.25, -0.2) is 0 Å². The monoisotopic (exact) mass is 342 g/mol. The van der Waals surface area contributed by atoms with Gasteiger partial charge >= 0.3 is 0 Å². The molecular formula is C19H26N4O2. The summed E-state index contributed by atoms with van der Waals surface area (Å²) in [6, 6.07) is 9.96. The maximum atomic E-state index is 12.4. The third-order valence-corrected chi connectivity index (χ3v) is 4.74. The molecule has 1 saturated heterocycles. The van der Waals surface area contributed by atoms with Crippen LogP contribution in [0.3, 0.4) is 0 Å². The van der Waals surface area contributed by atoms with Crippen LogP contribution in [-0.2, 0) is 22.6 Å². The number of morpholine rings is 1. The summed E-state index contributed by atoms with van der Waals surface area (Å²) < 4.78 is 7.54. The molecule has 2 aromatic rings. The highest BCUT2D eigenvalue weighted by atomic mass is 16.5. The summed E-state index contributed by atoms with van der Waals surface area (Å²) in [6.07, 6.45) is -0.114. The van der Waals surface area contributed by atoms with Gasteiger partial charge in [0.25, 0.3) is 0 Å². The van der Waals surface area contributed by atoms with Crippen LogP contribution in [0.25, 0.3) is 0 Å². The fourth-order valence-corrected chi connectivity index (χ4v) is 3.21. The first kappa shape index (κ1) is 17.6. The lowest BCUT2D eigenvalue weighted by atomic mass is 10.1. The molecule has 1 aromatic heterocycles. The Hall–Kier alpha value is -2.18. The molecule has 0 unspecified atom stereocenters. The molecule has 1 aliphatic rings. The van der Waals surface area contributed by atoms with Crippen molar-refractivity contribution in [3.05, 3.63) is 52.8 Å². The molecule has 0 spiro atoms. The second-order valence-electron chi connectivity index (χ2n) is 6.52. The van der Waals surface area contributed by atoms with Gasteiger partial charge in [-0.15, -0.1) is 0 Å². The zero-order valence-electron chi connectivity index (χ0n) is 15.1. The van der Waals surface area contributed by atoms with E-state index >= 15 is 0 Å². The average Bonchev–Trinajstić information content (AvgIpc) is 2.87. The van der Waals surface area contributed by atoms with Gasteiger partial charge < -0.3 is 15.4 Å². The van der Waals surface area contributed by atoms with Crippen LogP contribution in [0.2, 0.25) is 0 Å². The van der Waals surface area contributed by atoms with Crippen LogP contribution >= 0.6 is 0 Å². The van der Waals surface area contributed by atoms with Crippen LogP contribution in [-0.4, -0.2) is 41.0 Å². The lowest BCUT2D eigenvalue weighted by Crippen LogP contribution is -2.55. The van der Waals surface area contributed by atoms with Gasteiger partial charge in [-0.3, -0.25) is 9.48 Å². The minimum Gasteiger partial charge on any atom is -0.375 e. The lowest BCUT2D eigenvalue weighted by molar-refractivity contribution is -0.129. The van der Waals surface area contributed by atoms with Crippen molar-refractivity contribution >= 4 is 5.91 Å². The summed E-state index contributed by atoms with van der Waals surface area (Å²) in [5.74, 6) is -0.0261. The quantitative estimate of drug-likeness (QED) is 0.865. The van der Waals surface area contributed by atoms with Gasteiger partial charge in [0.2, 0.25) is 5.91 Å². The maximum Gasteiger partial charge on any atom is 0.240 e. The number of rotatable bonds is 5. The highest BCUT2D eigenvalue weighted by Crippen LogP contribution is 2.15. The topological polar surface area (TPSA) is 68.2 Å².